The minimum atomic E-state index is -0.450. The average Bonchev–Trinajstić information content (AvgIpc) is 2.16. The van der Waals surface area contributed by atoms with Gasteiger partial charge >= 0.3 is 0 Å². The molecule has 0 fully saturated rings. The van der Waals surface area contributed by atoms with Crippen LogP contribution in [-0.2, 0) is 14.3 Å². The van der Waals surface area contributed by atoms with Crippen LogP contribution in [0.3, 0.4) is 0 Å². The molecule has 0 rings (SSSR count). The lowest BCUT2D eigenvalue weighted by Gasteiger charge is -2.04. The number of methoxy groups -OCH3 is 1. The molecule has 78 valence electrons. The number of nitrogens with zero attached hydrogens (tertiary/aromatic N) is 1. The van der Waals surface area contributed by atoms with E-state index in [0.717, 1.165) is 0 Å². The molecular weight excluding hydrogens is 186 g/mol. The Morgan fingerprint density at radius 3 is 2.64 bits per heavy atom. The van der Waals surface area contributed by atoms with Gasteiger partial charge in [-0.15, -0.1) is 0 Å². The lowest BCUT2D eigenvalue weighted by Crippen LogP contribution is -2.37. The summed E-state index contributed by atoms with van der Waals surface area (Å²) < 4.78 is 4.71. The van der Waals surface area contributed by atoms with E-state index >= 15 is 0 Å². The summed E-state index contributed by atoms with van der Waals surface area (Å²) in [6.07, 6.45) is -0.231. The van der Waals surface area contributed by atoms with Crippen LogP contribution in [0.2, 0.25) is 0 Å². The number of carbonyl (C=O) groups is 2. The highest BCUT2D eigenvalue weighted by molar-refractivity contribution is 5.85. The number of nitriles is 1. The van der Waals surface area contributed by atoms with Crippen molar-refractivity contribution in [2.24, 2.45) is 0 Å². The first-order valence-corrected chi connectivity index (χ1v) is 4.10. The molecule has 14 heavy (non-hydrogen) atoms. The molecule has 6 heteroatoms. The van der Waals surface area contributed by atoms with Crippen molar-refractivity contribution in [1.82, 2.24) is 10.6 Å². The smallest absolute Gasteiger partial charge is 0.239 e. The normalized spacial score (nSPS) is 8.86. The number of carbonyl (C=O) groups excluding carboxylic acids is 2. The van der Waals surface area contributed by atoms with E-state index in [9.17, 15) is 9.59 Å². The van der Waals surface area contributed by atoms with Crippen molar-refractivity contribution < 1.29 is 14.3 Å². The highest BCUT2D eigenvalue weighted by Gasteiger charge is 2.03. The predicted molar refractivity (Wildman–Crippen MR) is 48.1 cm³/mol. The highest BCUT2D eigenvalue weighted by Crippen LogP contribution is 1.74. The molecule has 0 bridgehead atoms. The molecule has 0 aliphatic rings. The summed E-state index contributed by atoms with van der Waals surface area (Å²) in [6, 6.07) is 1.68. The summed E-state index contributed by atoms with van der Waals surface area (Å²) >= 11 is 0. The van der Waals surface area contributed by atoms with Gasteiger partial charge in [0.25, 0.3) is 0 Å². The topological polar surface area (TPSA) is 91.2 Å². The molecular formula is C8H13N3O3. The third-order valence-corrected chi connectivity index (χ3v) is 1.31. The third kappa shape index (κ3) is 7.06. The summed E-state index contributed by atoms with van der Waals surface area (Å²) in [5.74, 6) is -0.747. The first-order chi connectivity index (χ1) is 6.70. The number of nitrogens with one attached hydrogen (secondary N) is 2. The van der Waals surface area contributed by atoms with Crippen LogP contribution in [0.5, 0.6) is 0 Å². The van der Waals surface area contributed by atoms with Crippen LogP contribution in [0, 0.1) is 11.3 Å². The van der Waals surface area contributed by atoms with Crippen LogP contribution in [0.25, 0.3) is 0 Å². The van der Waals surface area contributed by atoms with Crippen LogP contribution < -0.4 is 10.6 Å². The molecule has 0 saturated carbocycles. The van der Waals surface area contributed by atoms with E-state index in [-0.39, 0.29) is 18.9 Å². The molecule has 0 atom stereocenters. The van der Waals surface area contributed by atoms with E-state index in [1.165, 1.54) is 7.11 Å². The van der Waals surface area contributed by atoms with Gasteiger partial charge in [-0.05, 0) is 0 Å². The number of hydrogen-bond acceptors (Lipinski definition) is 4. The minimum absolute atomic E-state index is 0.107. The Labute approximate surface area is 82.2 Å². The molecule has 0 aromatic carbocycles. The van der Waals surface area contributed by atoms with Crippen molar-refractivity contribution >= 4 is 11.8 Å². The molecule has 2 amide bonds. The number of rotatable bonds is 6. The Kier molecular flexibility index (Phi) is 7.09. The first kappa shape index (κ1) is 12.4. The van der Waals surface area contributed by atoms with E-state index in [4.69, 9.17) is 10.00 Å². The van der Waals surface area contributed by atoms with Crippen molar-refractivity contribution in [3.05, 3.63) is 0 Å². The summed E-state index contributed by atoms with van der Waals surface area (Å²) in [4.78, 5) is 21.7. The van der Waals surface area contributed by atoms with Gasteiger partial charge in [-0.1, -0.05) is 0 Å². The van der Waals surface area contributed by atoms with Gasteiger partial charge in [-0.25, -0.2) is 0 Å². The standard InChI is InChI=1S/C8H13N3O3/c1-14-5-4-10-8(13)6-11-7(12)2-3-9/h2,4-6H2,1H3,(H,10,13)(H,11,12). The summed E-state index contributed by atoms with van der Waals surface area (Å²) in [5, 5.41) is 13.0. The van der Waals surface area contributed by atoms with Gasteiger partial charge < -0.3 is 15.4 Å². The molecule has 0 aromatic heterocycles. The third-order valence-electron chi connectivity index (χ3n) is 1.31. The van der Waals surface area contributed by atoms with Crippen molar-refractivity contribution in [2.45, 2.75) is 6.42 Å². The van der Waals surface area contributed by atoms with Gasteiger partial charge in [0.2, 0.25) is 11.8 Å². The fourth-order valence-corrected chi connectivity index (χ4v) is 0.668. The lowest BCUT2D eigenvalue weighted by atomic mass is 10.4. The van der Waals surface area contributed by atoms with E-state index < -0.39 is 5.91 Å². The zero-order chi connectivity index (χ0) is 10.8. The van der Waals surface area contributed by atoms with E-state index in [2.05, 4.69) is 10.6 Å². The van der Waals surface area contributed by atoms with Gasteiger partial charge in [0, 0.05) is 13.7 Å². The maximum absolute atomic E-state index is 11.0. The fraction of sp³-hybridized carbons (Fsp3) is 0.625. The SMILES string of the molecule is COCCNC(=O)CNC(=O)CC#N. The van der Waals surface area contributed by atoms with Crippen molar-refractivity contribution in [2.75, 3.05) is 26.8 Å². The number of ether oxygens (including phenoxy) is 1. The molecule has 0 saturated heterocycles. The Bertz CT molecular complexity index is 234. The molecule has 6 nitrogen and oxygen atoms in total. The van der Waals surface area contributed by atoms with Crippen molar-refractivity contribution in [3.8, 4) is 6.07 Å². The number of amides is 2. The number of hydrogen-bond donors (Lipinski definition) is 2. The molecule has 0 aliphatic carbocycles. The lowest BCUT2D eigenvalue weighted by molar-refractivity contribution is -0.125. The Hall–Kier alpha value is -1.61. The summed E-state index contributed by atoms with van der Waals surface area (Å²) in [6.45, 7) is 0.728. The van der Waals surface area contributed by atoms with Crippen LogP contribution in [-0.4, -0.2) is 38.6 Å². The quantitative estimate of drug-likeness (QED) is 0.524. The molecule has 0 radical (unpaired) electrons. The maximum Gasteiger partial charge on any atom is 0.239 e. The van der Waals surface area contributed by atoms with Gasteiger partial charge in [-0.3, -0.25) is 9.59 Å². The van der Waals surface area contributed by atoms with Gasteiger partial charge in [0.1, 0.15) is 6.42 Å². The predicted octanol–water partition coefficient (Wildman–Crippen LogP) is -1.22. The molecule has 0 heterocycles. The van der Waals surface area contributed by atoms with E-state index in [1.807, 2.05) is 0 Å². The maximum atomic E-state index is 11.0. The van der Waals surface area contributed by atoms with Crippen molar-refractivity contribution in [1.29, 1.82) is 5.26 Å². The van der Waals surface area contributed by atoms with Crippen LogP contribution in [0.15, 0.2) is 0 Å². The Balaban J connectivity index is 3.45. The van der Waals surface area contributed by atoms with Crippen LogP contribution in [0.1, 0.15) is 6.42 Å². The zero-order valence-corrected chi connectivity index (χ0v) is 8.00. The molecule has 2 N–H and O–H groups in total. The second-order valence-corrected chi connectivity index (χ2v) is 2.45. The van der Waals surface area contributed by atoms with Gasteiger partial charge in [0.05, 0.1) is 19.2 Å². The molecule has 0 aromatic rings. The molecule has 0 unspecified atom stereocenters. The first-order valence-electron chi connectivity index (χ1n) is 4.10. The van der Waals surface area contributed by atoms with Gasteiger partial charge in [-0.2, -0.15) is 5.26 Å². The van der Waals surface area contributed by atoms with Crippen LogP contribution in [0.4, 0.5) is 0 Å². The summed E-state index contributed by atoms with van der Waals surface area (Å²) in [5.41, 5.74) is 0. The summed E-state index contributed by atoms with van der Waals surface area (Å²) in [7, 11) is 1.53. The minimum Gasteiger partial charge on any atom is -0.383 e. The van der Waals surface area contributed by atoms with Crippen LogP contribution >= 0.6 is 0 Å². The highest BCUT2D eigenvalue weighted by atomic mass is 16.5. The van der Waals surface area contributed by atoms with E-state index in [1.54, 1.807) is 6.07 Å². The van der Waals surface area contributed by atoms with E-state index in [0.29, 0.717) is 13.2 Å². The van der Waals surface area contributed by atoms with Gasteiger partial charge in [0.15, 0.2) is 0 Å². The second-order valence-electron chi connectivity index (χ2n) is 2.45. The second kappa shape index (κ2) is 8.01. The largest absolute Gasteiger partial charge is 0.383 e. The average molecular weight is 199 g/mol. The fourth-order valence-electron chi connectivity index (χ4n) is 0.668. The Morgan fingerprint density at radius 2 is 2.07 bits per heavy atom. The monoisotopic (exact) mass is 199 g/mol. The van der Waals surface area contributed by atoms with Crippen molar-refractivity contribution in [3.63, 3.8) is 0 Å². The zero-order valence-electron chi connectivity index (χ0n) is 8.00. The Morgan fingerprint density at radius 1 is 1.36 bits per heavy atom. The molecule has 0 aliphatic heterocycles. The molecule has 0 spiro atoms.